The Morgan fingerprint density at radius 1 is 1.31 bits per heavy atom. The highest BCUT2D eigenvalue weighted by molar-refractivity contribution is 7.90. The number of fused-ring (bicyclic) bond motifs is 1. The van der Waals surface area contributed by atoms with Gasteiger partial charge in [-0.2, -0.15) is 0 Å². The van der Waals surface area contributed by atoms with Gasteiger partial charge in [0.05, 0.1) is 15.7 Å². The highest BCUT2D eigenvalue weighted by Gasteiger charge is 2.23. The van der Waals surface area contributed by atoms with Crippen molar-refractivity contribution < 1.29 is 9.00 Å². The maximum absolute atomic E-state index is 11.6. The molecule has 0 saturated carbocycles. The molecule has 1 amide bonds. The minimum atomic E-state index is -1.38. The van der Waals surface area contributed by atoms with Gasteiger partial charge >= 0.3 is 0 Å². The zero-order valence-corrected chi connectivity index (χ0v) is 7.51. The van der Waals surface area contributed by atoms with E-state index in [2.05, 4.69) is 0 Å². The van der Waals surface area contributed by atoms with Crippen molar-refractivity contribution in [3.8, 4) is 0 Å². The van der Waals surface area contributed by atoms with Crippen LogP contribution in [-0.2, 0) is 15.6 Å². The molecule has 66 valence electrons. The Morgan fingerprint density at radius 3 is 2.62 bits per heavy atom. The molecule has 0 aliphatic carbocycles. The van der Waals surface area contributed by atoms with Crippen LogP contribution in [0.25, 0.3) is 6.08 Å². The zero-order chi connectivity index (χ0) is 9.42. The van der Waals surface area contributed by atoms with Crippen LogP contribution in [0.5, 0.6) is 0 Å². The minimum Gasteiger partial charge on any atom is -0.365 e. The van der Waals surface area contributed by atoms with E-state index in [-0.39, 0.29) is 4.91 Å². The van der Waals surface area contributed by atoms with Gasteiger partial charge in [-0.1, -0.05) is 18.2 Å². The van der Waals surface area contributed by atoms with Gasteiger partial charge in [-0.3, -0.25) is 4.79 Å². The van der Waals surface area contributed by atoms with E-state index < -0.39 is 16.7 Å². The Morgan fingerprint density at radius 2 is 2.00 bits per heavy atom. The predicted molar refractivity (Wildman–Crippen MR) is 50.0 cm³/mol. The van der Waals surface area contributed by atoms with Crippen molar-refractivity contribution in [3.63, 3.8) is 0 Å². The Kier molecular flexibility index (Phi) is 1.77. The molecule has 2 rings (SSSR count). The van der Waals surface area contributed by atoms with E-state index in [1.165, 1.54) is 0 Å². The molecule has 0 spiro atoms. The van der Waals surface area contributed by atoms with E-state index in [0.717, 1.165) is 5.56 Å². The smallest absolute Gasteiger partial charge is 0.258 e. The topological polar surface area (TPSA) is 60.2 Å². The lowest BCUT2D eigenvalue weighted by Gasteiger charge is -1.95. The first-order chi connectivity index (χ1) is 6.20. The maximum Gasteiger partial charge on any atom is 0.258 e. The molecule has 1 aliphatic heterocycles. The van der Waals surface area contributed by atoms with Crippen LogP contribution in [0.1, 0.15) is 5.56 Å². The summed E-state index contributed by atoms with van der Waals surface area (Å²) < 4.78 is 11.6. The van der Waals surface area contributed by atoms with E-state index in [9.17, 15) is 9.00 Å². The van der Waals surface area contributed by atoms with Gasteiger partial charge in [-0.15, -0.1) is 0 Å². The number of primary amides is 1. The third-order valence-electron chi connectivity index (χ3n) is 1.85. The lowest BCUT2D eigenvalue weighted by Crippen LogP contribution is -2.15. The van der Waals surface area contributed by atoms with E-state index in [0.29, 0.717) is 4.90 Å². The van der Waals surface area contributed by atoms with Crippen LogP contribution in [0, 0.1) is 0 Å². The highest BCUT2D eigenvalue weighted by atomic mass is 32.2. The second-order valence-electron chi connectivity index (χ2n) is 2.68. The first-order valence-electron chi connectivity index (χ1n) is 3.72. The minimum absolute atomic E-state index is 0.182. The molecular formula is C9H7NO2S. The van der Waals surface area contributed by atoms with Crippen molar-refractivity contribution in [1.82, 2.24) is 0 Å². The van der Waals surface area contributed by atoms with E-state index >= 15 is 0 Å². The van der Waals surface area contributed by atoms with Crippen LogP contribution < -0.4 is 5.73 Å². The molecule has 1 aliphatic rings. The molecule has 0 fully saturated rings. The Bertz CT molecular complexity index is 437. The fourth-order valence-corrected chi connectivity index (χ4v) is 2.44. The zero-order valence-electron chi connectivity index (χ0n) is 6.69. The second kappa shape index (κ2) is 2.81. The number of carbonyl (C=O) groups is 1. The lowest BCUT2D eigenvalue weighted by molar-refractivity contribution is -0.113. The fourth-order valence-electron chi connectivity index (χ4n) is 1.24. The summed E-state index contributed by atoms with van der Waals surface area (Å²) in [7, 11) is -1.38. The Hall–Kier alpha value is -1.42. The molecule has 2 N–H and O–H groups in total. The van der Waals surface area contributed by atoms with Gasteiger partial charge in [-0.05, 0) is 17.7 Å². The number of hydrogen-bond donors (Lipinski definition) is 1. The molecule has 1 atom stereocenters. The molecule has 1 aromatic rings. The molecule has 0 aromatic heterocycles. The molecule has 1 heterocycles. The number of rotatable bonds is 1. The standard InChI is InChI=1S/C9H7NO2S/c10-9(11)8-5-6-3-1-2-4-7(6)13(8)12/h1-5H,(H2,10,11). The normalized spacial score (nSPS) is 19.4. The van der Waals surface area contributed by atoms with Crippen LogP contribution in [0.3, 0.4) is 0 Å². The summed E-state index contributed by atoms with van der Waals surface area (Å²) in [6.45, 7) is 0. The molecule has 0 radical (unpaired) electrons. The molecule has 3 nitrogen and oxygen atoms in total. The number of benzene rings is 1. The van der Waals surface area contributed by atoms with Gasteiger partial charge in [0.15, 0.2) is 0 Å². The van der Waals surface area contributed by atoms with Crippen molar-refractivity contribution >= 4 is 22.8 Å². The summed E-state index contributed by atoms with van der Waals surface area (Å²) in [6.07, 6.45) is 1.58. The number of hydrogen-bond acceptors (Lipinski definition) is 2. The van der Waals surface area contributed by atoms with Gasteiger partial charge in [-0.25, -0.2) is 4.21 Å². The summed E-state index contributed by atoms with van der Waals surface area (Å²) in [5.41, 5.74) is 5.88. The van der Waals surface area contributed by atoms with Gasteiger partial charge in [0.1, 0.15) is 4.91 Å². The summed E-state index contributed by atoms with van der Waals surface area (Å²) in [4.78, 5) is 11.7. The number of amides is 1. The molecule has 1 unspecified atom stereocenters. The second-order valence-corrected chi connectivity index (χ2v) is 4.10. The van der Waals surface area contributed by atoms with Gasteiger partial charge in [0, 0.05) is 0 Å². The third kappa shape index (κ3) is 1.19. The Balaban J connectivity index is 2.57. The van der Waals surface area contributed by atoms with Crippen molar-refractivity contribution in [2.24, 2.45) is 5.73 Å². The monoisotopic (exact) mass is 193 g/mol. The maximum atomic E-state index is 11.6. The summed E-state index contributed by atoms with van der Waals surface area (Å²) >= 11 is 0. The molecular weight excluding hydrogens is 186 g/mol. The average molecular weight is 193 g/mol. The molecule has 13 heavy (non-hydrogen) atoms. The van der Waals surface area contributed by atoms with Crippen LogP contribution >= 0.6 is 0 Å². The van der Waals surface area contributed by atoms with E-state index in [1.807, 2.05) is 12.1 Å². The van der Waals surface area contributed by atoms with E-state index in [1.54, 1.807) is 18.2 Å². The summed E-state index contributed by atoms with van der Waals surface area (Å²) in [6, 6.07) is 7.16. The molecule has 0 bridgehead atoms. The van der Waals surface area contributed by atoms with Crippen LogP contribution in [0.2, 0.25) is 0 Å². The summed E-state index contributed by atoms with van der Waals surface area (Å²) in [5.74, 6) is -0.616. The molecule has 4 heteroatoms. The third-order valence-corrected chi connectivity index (χ3v) is 3.34. The van der Waals surface area contributed by atoms with Crippen molar-refractivity contribution in [2.75, 3.05) is 0 Å². The van der Waals surface area contributed by atoms with Crippen LogP contribution in [0.15, 0.2) is 34.1 Å². The van der Waals surface area contributed by atoms with Crippen molar-refractivity contribution in [2.45, 2.75) is 4.90 Å². The van der Waals surface area contributed by atoms with Crippen molar-refractivity contribution in [1.29, 1.82) is 0 Å². The van der Waals surface area contributed by atoms with Crippen LogP contribution in [-0.4, -0.2) is 10.1 Å². The largest absolute Gasteiger partial charge is 0.365 e. The first kappa shape index (κ1) is 8.19. The lowest BCUT2D eigenvalue weighted by atomic mass is 10.2. The Labute approximate surface area is 77.7 Å². The van der Waals surface area contributed by atoms with Gasteiger partial charge in [0.2, 0.25) is 0 Å². The highest BCUT2D eigenvalue weighted by Crippen LogP contribution is 2.28. The quantitative estimate of drug-likeness (QED) is 0.711. The van der Waals surface area contributed by atoms with Gasteiger partial charge in [0.25, 0.3) is 5.91 Å². The fraction of sp³-hybridized carbons (Fsp3) is 0. The van der Waals surface area contributed by atoms with Crippen molar-refractivity contribution in [3.05, 3.63) is 34.7 Å². The van der Waals surface area contributed by atoms with E-state index in [4.69, 9.17) is 5.73 Å². The molecule has 0 saturated heterocycles. The first-order valence-corrected chi connectivity index (χ1v) is 4.87. The number of nitrogens with two attached hydrogens (primary N) is 1. The average Bonchev–Trinajstić information content (AvgIpc) is 2.45. The predicted octanol–water partition coefficient (Wildman–Crippen LogP) is 0.634. The van der Waals surface area contributed by atoms with Crippen LogP contribution in [0.4, 0.5) is 0 Å². The van der Waals surface area contributed by atoms with Gasteiger partial charge < -0.3 is 5.73 Å². The summed E-state index contributed by atoms with van der Waals surface area (Å²) in [5, 5.41) is 0. The SMILES string of the molecule is NC(=O)C1=Cc2ccccc2S1=O. The number of carbonyl (C=O) groups excluding carboxylic acids is 1. The molecule has 1 aromatic carbocycles.